The summed E-state index contributed by atoms with van der Waals surface area (Å²) < 4.78 is 30.2. The zero-order valence-corrected chi connectivity index (χ0v) is 16.2. The molecule has 0 fully saturated rings. The van der Waals surface area contributed by atoms with Crippen molar-refractivity contribution in [3.63, 3.8) is 0 Å². The van der Waals surface area contributed by atoms with Gasteiger partial charge in [-0.1, -0.05) is 19.9 Å². The van der Waals surface area contributed by atoms with Crippen LogP contribution in [-0.4, -0.2) is 31.4 Å². The fourth-order valence-corrected chi connectivity index (χ4v) is 4.93. The zero-order chi connectivity index (χ0) is 18.0. The highest BCUT2D eigenvalue weighted by atomic mass is 32.3. The van der Waals surface area contributed by atoms with Crippen LogP contribution in [0.5, 0.6) is 5.75 Å². The van der Waals surface area contributed by atoms with E-state index >= 15 is 0 Å². The molecule has 0 amide bonds. The van der Waals surface area contributed by atoms with Gasteiger partial charge in [-0.25, -0.2) is 0 Å². The first-order chi connectivity index (χ1) is 12.0. The topological polar surface area (TPSA) is 62.4 Å². The molecule has 7 heteroatoms. The van der Waals surface area contributed by atoms with E-state index in [9.17, 15) is 8.42 Å². The molecule has 2 aromatic heterocycles. The maximum Gasteiger partial charge on any atom is 0.348 e. The third-order valence-corrected chi connectivity index (χ3v) is 7.05. The van der Waals surface area contributed by atoms with E-state index in [0.717, 1.165) is 40.9 Å². The van der Waals surface area contributed by atoms with Gasteiger partial charge in [-0.05, 0) is 55.2 Å². The minimum absolute atomic E-state index is 0.207. The van der Waals surface area contributed by atoms with E-state index in [1.165, 1.54) is 0 Å². The molecular formula is C18H22N2O3S2. The largest absolute Gasteiger partial charge is 0.378 e. The number of hydrogen-bond acceptors (Lipinski definition) is 5. The highest BCUT2D eigenvalue weighted by Gasteiger charge is 2.20. The lowest BCUT2D eigenvalue weighted by atomic mass is 10.1. The van der Waals surface area contributed by atoms with Crippen LogP contribution < -0.4 is 4.18 Å². The van der Waals surface area contributed by atoms with Gasteiger partial charge < -0.3 is 9.17 Å². The molecule has 1 atom stereocenters. The van der Waals surface area contributed by atoms with E-state index in [2.05, 4.69) is 30.7 Å². The van der Waals surface area contributed by atoms with E-state index in [1.807, 2.05) is 12.3 Å². The van der Waals surface area contributed by atoms with Crippen molar-refractivity contribution < 1.29 is 12.6 Å². The number of aromatic nitrogens is 1. The number of benzene rings is 1. The van der Waals surface area contributed by atoms with Crippen molar-refractivity contribution in [2.45, 2.75) is 31.0 Å². The minimum atomic E-state index is -3.78. The van der Waals surface area contributed by atoms with Gasteiger partial charge in [0.15, 0.2) is 4.21 Å². The van der Waals surface area contributed by atoms with E-state index in [4.69, 9.17) is 4.18 Å². The summed E-state index contributed by atoms with van der Waals surface area (Å²) in [4.78, 5) is 5.61. The van der Waals surface area contributed by atoms with Crippen molar-refractivity contribution in [1.29, 1.82) is 0 Å². The lowest BCUT2D eigenvalue weighted by molar-refractivity contribution is 0.235. The maximum absolute atomic E-state index is 12.3. The van der Waals surface area contributed by atoms with Crippen LogP contribution in [0.1, 0.15) is 32.4 Å². The Bertz CT molecular complexity index is 942. The van der Waals surface area contributed by atoms with Gasteiger partial charge in [-0.2, -0.15) is 8.42 Å². The smallest absolute Gasteiger partial charge is 0.348 e. The minimum Gasteiger partial charge on any atom is -0.378 e. The molecule has 3 rings (SSSR count). The second-order valence-electron chi connectivity index (χ2n) is 5.82. The number of hydrogen-bond donors (Lipinski definition) is 1. The van der Waals surface area contributed by atoms with Crippen LogP contribution >= 0.6 is 11.3 Å². The van der Waals surface area contributed by atoms with E-state index in [1.54, 1.807) is 29.6 Å². The molecule has 134 valence electrons. The number of rotatable bonds is 7. The third-order valence-electron chi connectivity index (χ3n) is 4.44. The predicted octanol–water partition coefficient (Wildman–Crippen LogP) is 4.40. The average Bonchev–Trinajstić information content (AvgIpc) is 3.25. The molecule has 1 aromatic carbocycles. The van der Waals surface area contributed by atoms with Crippen molar-refractivity contribution in [1.82, 2.24) is 9.88 Å². The van der Waals surface area contributed by atoms with Crippen molar-refractivity contribution >= 4 is 32.4 Å². The highest BCUT2D eigenvalue weighted by Crippen LogP contribution is 2.31. The SMILES string of the molecule is CCN(CC)C(C)c1c[nH]c2ccc(OS(=O)(=O)c3cccs3)cc12. The molecule has 0 saturated heterocycles. The van der Waals surface area contributed by atoms with Crippen LogP contribution in [0.3, 0.4) is 0 Å². The number of fused-ring (bicyclic) bond motifs is 1. The normalized spacial score (nSPS) is 13.4. The van der Waals surface area contributed by atoms with Crippen LogP contribution in [0.15, 0.2) is 46.1 Å². The van der Waals surface area contributed by atoms with Crippen LogP contribution in [-0.2, 0) is 10.1 Å². The van der Waals surface area contributed by atoms with Gasteiger partial charge in [-0.15, -0.1) is 11.3 Å². The number of nitrogens with one attached hydrogen (secondary N) is 1. The molecule has 1 N–H and O–H groups in total. The predicted molar refractivity (Wildman–Crippen MR) is 102 cm³/mol. The van der Waals surface area contributed by atoms with Gasteiger partial charge in [-0.3, -0.25) is 4.90 Å². The van der Waals surface area contributed by atoms with E-state index in [0.29, 0.717) is 5.75 Å². The Balaban J connectivity index is 1.95. The molecule has 1 unspecified atom stereocenters. The lowest BCUT2D eigenvalue weighted by Gasteiger charge is -2.26. The average molecular weight is 379 g/mol. The van der Waals surface area contributed by atoms with Crippen LogP contribution in [0.4, 0.5) is 0 Å². The lowest BCUT2D eigenvalue weighted by Crippen LogP contribution is -2.26. The molecule has 0 radical (unpaired) electrons. The Labute approximate surface area is 152 Å². The first-order valence-corrected chi connectivity index (χ1v) is 10.6. The van der Waals surface area contributed by atoms with Crippen molar-refractivity contribution in [2.24, 2.45) is 0 Å². The van der Waals surface area contributed by atoms with Gasteiger partial charge in [0.05, 0.1) is 0 Å². The molecule has 0 aliphatic carbocycles. The summed E-state index contributed by atoms with van der Waals surface area (Å²) in [5, 5.41) is 2.70. The van der Waals surface area contributed by atoms with Gasteiger partial charge in [0.25, 0.3) is 0 Å². The Morgan fingerprint density at radius 3 is 2.64 bits per heavy atom. The summed E-state index contributed by atoms with van der Waals surface area (Å²) in [7, 11) is -3.78. The van der Waals surface area contributed by atoms with Crippen LogP contribution in [0.2, 0.25) is 0 Å². The fraction of sp³-hybridized carbons (Fsp3) is 0.333. The summed E-state index contributed by atoms with van der Waals surface area (Å²) in [6, 6.07) is 8.80. The van der Waals surface area contributed by atoms with Gasteiger partial charge in [0, 0.05) is 23.1 Å². The number of thiophene rings is 1. The summed E-state index contributed by atoms with van der Waals surface area (Å²) in [5.41, 5.74) is 2.10. The Morgan fingerprint density at radius 1 is 1.24 bits per heavy atom. The van der Waals surface area contributed by atoms with Crippen LogP contribution in [0.25, 0.3) is 10.9 Å². The monoisotopic (exact) mass is 378 g/mol. The number of H-pyrrole nitrogens is 1. The summed E-state index contributed by atoms with van der Waals surface area (Å²) >= 11 is 1.15. The number of nitrogens with zero attached hydrogens (tertiary/aromatic N) is 1. The zero-order valence-electron chi connectivity index (χ0n) is 14.5. The molecule has 3 aromatic rings. The quantitative estimate of drug-likeness (QED) is 0.619. The Kier molecular flexibility index (Phi) is 5.17. The molecular weight excluding hydrogens is 356 g/mol. The van der Waals surface area contributed by atoms with Crippen molar-refractivity contribution in [2.75, 3.05) is 13.1 Å². The van der Waals surface area contributed by atoms with Gasteiger partial charge in [0.2, 0.25) is 0 Å². The first-order valence-electron chi connectivity index (χ1n) is 8.29. The fourth-order valence-electron chi connectivity index (χ4n) is 3.06. The molecule has 25 heavy (non-hydrogen) atoms. The second-order valence-corrected chi connectivity index (χ2v) is 8.54. The summed E-state index contributed by atoms with van der Waals surface area (Å²) in [6.45, 7) is 8.33. The van der Waals surface area contributed by atoms with E-state index < -0.39 is 10.1 Å². The molecule has 5 nitrogen and oxygen atoms in total. The molecule has 0 aliphatic heterocycles. The van der Waals surface area contributed by atoms with Gasteiger partial charge >= 0.3 is 10.1 Å². The number of aromatic amines is 1. The molecule has 2 heterocycles. The molecule has 0 aliphatic rings. The standard InChI is InChI=1S/C18H22N2O3S2/c1-4-20(5-2)13(3)16-12-19-17-9-8-14(11-15(16)17)23-25(21,22)18-7-6-10-24-18/h6-13,19H,4-5H2,1-3H3. The van der Waals surface area contributed by atoms with Crippen molar-refractivity contribution in [3.05, 3.63) is 47.5 Å². The maximum atomic E-state index is 12.3. The second kappa shape index (κ2) is 7.19. The van der Waals surface area contributed by atoms with Crippen molar-refractivity contribution in [3.8, 4) is 5.75 Å². The summed E-state index contributed by atoms with van der Waals surface area (Å²) in [5.74, 6) is 0.327. The summed E-state index contributed by atoms with van der Waals surface area (Å²) in [6.07, 6.45) is 1.99. The van der Waals surface area contributed by atoms with E-state index in [-0.39, 0.29) is 10.3 Å². The van der Waals surface area contributed by atoms with Gasteiger partial charge in [0.1, 0.15) is 5.75 Å². The molecule has 0 bridgehead atoms. The molecule has 0 saturated carbocycles. The highest BCUT2D eigenvalue weighted by molar-refractivity contribution is 7.89. The Morgan fingerprint density at radius 2 is 2.00 bits per heavy atom. The first kappa shape index (κ1) is 18.0. The third kappa shape index (κ3) is 3.58. The Hall–Kier alpha value is -1.83. The molecule has 0 spiro atoms. The van der Waals surface area contributed by atoms with Crippen LogP contribution in [0, 0.1) is 0 Å².